The molecule has 6 nitrogen and oxygen atoms in total. The summed E-state index contributed by atoms with van der Waals surface area (Å²) in [5.41, 5.74) is 0.971. The molecule has 1 aromatic carbocycles. The van der Waals surface area contributed by atoms with Gasteiger partial charge in [-0.15, -0.1) is 0 Å². The van der Waals surface area contributed by atoms with Crippen LogP contribution < -0.4 is 0 Å². The van der Waals surface area contributed by atoms with Crippen molar-refractivity contribution in [3.05, 3.63) is 35.9 Å². The number of carbonyl (C=O) groups is 1. The van der Waals surface area contributed by atoms with Crippen molar-refractivity contribution in [1.82, 2.24) is 9.21 Å². The van der Waals surface area contributed by atoms with E-state index in [4.69, 9.17) is 4.74 Å². The zero-order valence-electron chi connectivity index (χ0n) is 13.6. The molecule has 1 aliphatic heterocycles. The SMILES string of the molecule is CCOC(=O)CCS(=O)(=O)N1CCN(C)C[C@H]1c1ccccc1. The number of sulfonamides is 1. The molecule has 1 heterocycles. The highest BCUT2D eigenvalue weighted by atomic mass is 32.2. The number of likely N-dealkylation sites (N-methyl/N-ethyl adjacent to an activating group) is 1. The molecule has 1 atom stereocenters. The molecule has 0 aromatic heterocycles. The summed E-state index contributed by atoms with van der Waals surface area (Å²) in [6, 6.07) is 9.40. The lowest BCUT2D eigenvalue weighted by Gasteiger charge is -2.39. The fourth-order valence-electron chi connectivity index (χ4n) is 2.75. The Morgan fingerprint density at radius 1 is 1.26 bits per heavy atom. The maximum absolute atomic E-state index is 12.7. The summed E-state index contributed by atoms with van der Waals surface area (Å²) < 4.78 is 31.7. The first-order chi connectivity index (χ1) is 10.9. The van der Waals surface area contributed by atoms with Crippen LogP contribution in [0.15, 0.2) is 30.3 Å². The molecule has 0 N–H and O–H groups in total. The van der Waals surface area contributed by atoms with Crippen LogP contribution in [-0.4, -0.2) is 62.6 Å². The second-order valence-corrected chi connectivity index (χ2v) is 7.71. The minimum absolute atomic E-state index is 0.107. The molecular formula is C16H24N2O4S. The van der Waals surface area contributed by atoms with Crippen molar-refractivity contribution < 1.29 is 17.9 Å². The molecule has 0 aliphatic carbocycles. The van der Waals surface area contributed by atoms with Crippen LogP contribution in [-0.2, 0) is 19.6 Å². The van der Waals surface area contributed by atoms with Gasteiger partial charge in [0.05, 0.1) is 24.8 Å². The zero-order chi connectivity index (χ0) is 16.9. The molecule has 23 heavy (non-hydrogen) atoms. The fraction of sp³-hybridized carbons (Fsp3) is 0.562. The summed E-state index contributed by atoms with van der Waals surface area (Å²) in [7, 11) is -1.53. The molecular weight excluding hydrogens is 316 g/mol. The Bertz CT molecular complexity index is 618. The Morgan fingerprint density at radius 3 is 2.61 bits per heavy atom. The molecule has 0 spiro atoms. The predicted molar refractivity (Wildman–Crippen MR) is 88.4 cm³/mol. The second kappa shape index (κ2) is 7.90. The lowest BCUT2D eigenvalue weighted by atomic mass is 10.1. The Balaban J connectivity index is 2.15. The van der Waals surface area contributed by atoms with E-state index in [1.54, 1.807) is 6.92 Å². The first-order valence-corrected chi connectivity index (χ1v) is 9.43. The van der Waals surface area contributed by atoms with Crippen LogP contribution in [0.1, 0.15) is 24.9 Å². The molecule has 0 amide bonds. The average Bonchev–Trinajstić information content (AvgIpc) is 2.54. The van der Waals surface area contributed by atoms with E-state index in [0.29, 0.717) is 19.6 Å². The summed E-state index contributed by atoms with van der Waals surface area (Å²) in [6.45, 7) is 3.73. The topological polar surface area (TPSA) is 66.9 Å². The number of benzene rings is 1. The van der Waals surface area contributed by atoms with E-state index in [1.807, 2.05) is 37.4 Å². The number of piperazine rings is 1. The number of esters is 1. The van der Waals surface area contributed by atoms with Gasteiger partial charge in [-0.05, 0) is 19.5 Å². The molecule has 128 valence electrons. The van der Waals surface area contributed by atoms with Gasteiger partial charge in [-0.2, -0.15) is 4.31 Å². The van der Waals surface area contributed by atoms with Crippen molar-refractivity contribution in [3.8, 4) is 0 Å². The summed E-state index contributed by atoms with van der Waals surface area (Å²) in [5, 5.41) is 0. The first kappa shape index (κ1) is 17.9. The number of ether oxygens (including phenoxy) is 1. The van der Waals surface area contributed by atoms with Gasteiger partial charge in [0.15, 0.2) is 0 Å². The summed E-state index contributed by atoms with van der Waals surface area (Å²) in [5.74, 6) is -0.680. The molecule has 0 unspecified atom stereocenters. The van der Waals surface area contributed by atoms with Crippen LogP contribution >= 0.6 is 0 Å². The fourth-order valence-corrected chi connectivity index (χ4v) is 4.34. The average molecular weight is 340 g/mol. The van der Waals surface area contributed by atoms with E-state index >= 15 is 0 Å². The van der Waals surface area contributed by atoms with Gasteiger partial charge in [-0.3, -0.25) is 4.79 Å². The number of hydrogen-bond donors (Lipinski definition) is 0. The standard InChI is InChI=1S/C16H24N2O4S/c1-3-22-16(19)9-12-23(20,21)18-11-10-17(2)13-15(18)14-7-5-4-6-8-14/h4-8,15H,3,9-13H2,1-2H3/t15-/m0/s1. The van der Waals surface area contributed by atoms with Crippen molar-refractivity contribution in [2.24, 2.45) is 0 Å². The number of carbonyl (C=O) groups excluding carboxylic acids is 1. The predicted octanol–water partition coefficient (Wildman–Crippen LogP) is 1.26. The van der Waals surface area contributed by atoms with Crippen molar-refractivity contribution >= 4 is 16.0 Å². The van der Waals surface area contributed by atoms with E-state index in [0.717, 1.165) is 5.56 Å². The van der Waals surface area contributed by atoms with E-state index in [1.165, 1.54) is 4.31 Å². The van der Waals surface area contributed by atoms with Crippen LogP contribution in [0.5, 0.6) is 0 Å². The van der Waals surface area contributed by atoms with Crippen molar-refractivity contribution in [2.75, 3.05) is 39.0 Å². The quantitative estimate of drug-likeness (QED) is 0.729. The highest BCUT2D eigenvalue weighted by Gasteiger charge is 2.35. The maximum atomic E-state index is 12.7. The zero-order valence-corrected chi connectivity index (χ0v) is 14.5. The third-order valence-electron chi connectivity index (χ3n) is 3.95. The Labute approximate surface area is 138 Å². The summed E-state index contributed by atoms with van der Waals surface area (Å²) in [4.78, 5) is 13.6. The highest BCUT2D eigenvalue weighted by molar-refractivity contribution is 7.89. The van der Waals surface area contributed by atoms with Crippen molar-refractivity contribution in [1.29, 1.82) is 0 Å². The summed E-state index contributed by atoms with van der Waals surface area (Å²) >= 11 is 0. The van der Waals surface area contributed by atoms with Crippen LogP contribution in [0.3, 0.4) is 0 Å². The number of rotatable bonds is 6. The molecule has 0 bridgehead atoms. The minimum Gasteiger partial charge on any atom is -0.466 e. The number of hydrogen-bond acceptors (Lipinski definition) is 5. The molecule has 1 fully saturated rings. The Morgan fingerprint density at radius 2 is 1.96 bits per heavy atom. The van der Waals surface area contributed by atoms with Crippen LogP contribution in [0.2, 0.25) is 0 Å². The van der Waals surface area contributed by atoms with E-state index in [9.17, 15) is 13.2 Å². The van der Waals surface area contributed by atoms with Gasteiger partial charge in [0, 0.05) is 19.6 Å². The van der Waals surface area contributed by atoms with Gasteiger partial charge in [-0.25, -0.2) is 8.42 Å². The Hall–Kier alpha value is -1.44. The van der Waals surface area contributed by atoms with Crippen LogP contribution in [0.25, 0.3) is 0 Å². The van der Waals surface area contributed by atoms with Crippen LogP contribution in [0.4, 0.5) is 0 Å². The molecule has 2 rings (SSSR count). The van der Waals surface area contributed by atoms with Crippen molar-refractivity contribution in [3.63, 3.8) is 0 Å². The third kappa shape index (κ3) is 4.76. The lowest BCUT2D eigenvalue weighted by molar-refractivity contribution is -0.142. The maximum Gasteiger partial charge on any atom is 0.306 e. The minimum atomic E-state index is -3.51. The van der Waals surface area contributed by atoms with Gasteiger partial charge in [-0.1, -0.05) is 30.3 Å². The molecule has 0 radical (unpaired) electrons. The molecule has 1 saturated heterocycles. The monoisotopic (exact) mass is 340 g/mol. The Kier molecular flexibility index (Phi) is 6.15. The lowest BCUT2D eigenvalue weighted by Crippen LogP contribution is -2.50. The van der Waals surface area contributed by atoms with Crippen molar-refractivity contribution in [2.45, 2.75) is 19.4 Å². The second-order valence-electron chi connectivity index (χ2n) is 5.67. The largest absolute Gasteiger partial charge is 0.466 e. The van der Waals surface area contributed by atoms with Gasteiger partial charge in [0.2, 0.25) is 10.0 Å². The van der Waals surface area contributed by atoms with E-state index in [-0.39, 0.29) is 24.8 Å². The third-order valence-corrected chi connectivity index (χ3v) is 5.82. The number of nitrogens with zero attached hydrogens (tertiary/aromatic N) is 2. The highest BCUT2D eigenvalue weighted by Crippen LogP contribution is 2.28. The van der Waals surface area contributed by atoms with E-state index < -0.39 is 16.0 Å². The van der Waals surface area contributed by atoms with Gasteiger partial charge in [0.1, 0.15) is 0 Å². The van der Waals surface area contributed by atoms with E-state index in [2.05, 4.69) is 4.90 Å². The van der Waals surface area contributed by atoms with Gasteiger partial charge in [0.25, 0.3) is 0 Å². The molecule has 0 saturated carbocycles. The first-order valence-electron chi connectivity index (χ1n) is 7.82. The van der Waals surface area contributed by atoms with Gasteiger partial charge < -0.3 is 9.64 Å². The molecule has 1 aliphatic rings. The summed E-state index contributed by atoms with van der Waals surface area (Å²) in [6.07, 6.45) is -0.107. The van der Waals surface area contributed by atoms with Gasteiger partial charge >= 0.3 is 5.97 Å². The normalized spacial score (nSPS) is 20.3. The van der Waals surface area contributed by atoms with Crippen LogP contribution in [0, 0.1) is 0 Å². The molecule has 7 heteroatoms. The smallest absolute Gasteiger partial charge is 0.306 e. The molecule has 1 aromatic rings.